The van der Waals surface area contributed by atoms with E-state index in [1.165, 1.54) is 11.8 Å². The molecule has 0 saturated heterocycles. The average Bonchev–Trinajstić information content (AvgIpc) is 2.46. The lowest BCUT2D eigenvalue weighted by molar-refractivity contribution is 1.03. The summed E-state index contributed by atoms with van der Waals surface area (Å²) in [6.45, 7) is 0. The molecule has 1 N–H and O–H groups in total. The normalized spacial score (nSPS) is 10.8. The number of imidazole rings is 1. The summed E-state index contributed by atoms with van der Waals surface area (Å²) in [6, 6.07) is 1.70. The van der Waals surface area contributed by atoms with Gasteiger partial charge in [-0.15, -0.1) is 10.2 Å². The minimum absolute atomic E-state index is 0.374. The van der Waals surface area contributed by atoms with Crippen LogP contribution in [-0.4, -0.2) is 26.4 Å². The number of thioether (sulfide) groups is 1. The number of halogens is 1. The molecule has 2 heterocycles. The second kappa shape index (κ2) is 2.91. The van der Waals surface area contributed by atoms with Gasteiger partial charge in [0.05, 0.1) is 5.52 Å². The SMILES string of the molecule is CSc1nc2nnc(Cl)cc2[nH]1. The second-order valence-corrected chi connectivity index (χ2v) is 3.33. The van der Waals surface area contributed by atoms with Crippen molar-refractivity contribution in [2.45, 2.75) is 5.16 Å². The van der Waals surface area contributed by atoms with Crippen molar-refractivity contribution in [1.82, 2.24) is 20.2 Å². The Balaban J connectivity index is 2.67. The lowest BCUT2D eigenvalue weighted by atomic mass is 10.5. The Bertz CT molecular complexity index is 413. The molecule has 62 valence electrons. The molecule has 0 spiro atoms. The predicted octanol–water partition coefficient (Wildman–Crippen LogP) is 1.73. The minimum Gasteiger partial charge on any atom is -0.331 e. The average molecular weight is 201 g/mol. The smallest absolute Gasteiger partial charge is 0.200 e. The fourth-order valence-corrected chi connectivity index (χ4v) is 1.41. The fourth-order valence-electron chi connectivity index (χ4n) is 0.872. The summed E-state index contributed by atoms with van der Waals surface area (Å²) < 4.78 is 0. The lowest BCUT2D eigenvalue weighted by Crippen LogP contribution is -1.82. The topological polar surface area (TPSA) is 54.5 Å². The van der Waals surface area contributed by atoms with Crippen LogP contribution in [-0.2, 0) is 0 Å². The number of nitrogens with one attached hydrogen (secondary N) is 1. The van der Waals surface area contributed by atoms with E-state index in [2.05, 4.69) is 20.2 Å². The zero-order valence-corrected chi connectivity index (χ0v) is 7.78. The van der Waals surface area contributed by atoms with Crippen molar-refractivity contribution in [1.29, 1.82) is 0 Å². The maximum Gasteiger partial charge on any atom is 0.200 e. The Morgan fingerprint density at radius 2 is 2.33 bits per heavy atom. The second-order valence-electron chi connectivity index (χ2n) is 2.15. The van der Waals surface area contributed by atoms with Gasteiger partial charge in [-0.3, -0.25) is 0 Å². The number of nitrogens with zero attached hydrogens (tertiary/aromatic N) is 3. The van der Waals surface area contributed by atoms with Gasteiger partial charge in [-0.05, 0) is 6.26 Å². The third-order valence-corrected chi connectivity index (χ3v) is 2.15. The fraction of sp³-hybridized carbons (Fsp3) is 0.167. The zero-order valence-electron chi connectivity index (χ0n) is 6.21. The number of aromatic amines is 1. The van der Waals surface area contributed by atoms with Crippen LogP contribution in [0.1, 0.15) is 0 Å². The molecule has 0 saturated carbocycles. The van der Waals surface area contributed by atoms with Crippen molar-refractivity contribution in [2.24, 2.45) is 0 Å². The number of fused-ring (bicyclic) bond motifs is 1. The van der Waals surface area contributed by atoms with E-state index in [1.807, 2.05) is 6.26 Å². The van der Waals surface area contributed by atoms with Crippen molar-refractivity contribution in [3.05, 3.63) is 11.2 Å². The summed E-state index contributed by atoms with van der Waals surface area (Å²) in [7, 11) is 0. The van der Waals surface area contributed by atoms with Crippen molar-refractivity contribution in [3.63, 3.8) is 0 Å². The van der Waals surface area contributed by atoms with Gasteiger partial charge in [0.2, 0.25) is 5.65 Å². The van der Waals surface area contributed by atoms with E-state index in [1.54, 1.807) is 6.07 Å². The third kappa shape index (κ3) is 1.25. The van der Waals surface area contributed by atoms with Crippen molar-refractivity contribution < 1.29 is 0 Å². The standard InChI is InChI=1S/C6H5ClN4S/c1-12-6-8-3-2-4(7)10-11-5(3)9-6/h2H,1H3,(H,8,9,11). The molecule has 0 aliphatic heterocycles. The van der Waals surface area contributed by atoms with E-state index in [4.69, 9.17) is 11.6 Å². The molecule has 0 radical (unpaired) electrons. The van der Waals surface area contributed by atoms with Gasteiger partial charge in [0.25, 0.3) is 0 Å². The van der Waals surface area contributed by atoms with Crippen molar-refractivity contribution in [2.75, 3.05) is 6.26 Å². The highest BCUT2D eigenvalue weighted by atomic mass is 35.5. The Morgan fingerprint density at radius 1 is 1.50 bits per heavy atom. The van der Waals surface area contributed by atoms with Gasteiger partial charge >= 0.3 is 0 Å². The number of hydrogen-bond donors (Lipinski definition) is 1. The number of hydrogen-bond acceptors (Lipinski definition) is 4. The molecule has 4 nitrogen and oxygen atoms in total. The maximum atomic E-state index is 5.64. The lowest BCUT2D eigenvalue weighted by Gasteiger charge is -1.85. The van der Waals surface area contributed by atoms with E-state index < -0.39 is 0 Å². The summed E-state index contributed by atoms with van der Waals surface area (Å²) in [5.74, 6) is 0. The van der Waals surface area contributed by atoms with Gasteiger partial charge < -0.3 is 4.98 Å². The van der Waals surface area contributed by atoms with E-state index in [-0.39, 0.29) is 0 Å². The predicted molar refractivity (Wildman–Crippen MR) is 48.5 cm³/mol. The van der Waals surface area contributed by atoms with Gasteiger partial charge in [0, 0.05) is 6.07 Å². The summed E-state index contributed by atoms with van der Waals surface area (Å²) in [5, 5.41) is 8.69. The molecular weight excluding hydrogens is 196 g/mol. The molecule has 0 aliphatic carbocycles. The monoisotopic (exact) mass is 200 g/mol. The molecule has 2 aromatic rings. The summed E-state index contributed by atoms with van der Waals surface area (Å²) in [4.78, 5) is 7.20. The van der Waals surface area contributed by atoms with Crippen LogP contribution in [0.15, 0.2) is 11.2 Å². The highest BCUT2D eigenvalue weighted by Gasteiger charge is 2.03. The largest absolute Gasteiger partial charge is 0.331 e. The quantitative estimate of drug-likeness (QED) is 0.713. The molecule has 0 bridgehead atoms. The highest BCUT2D eigenvalue weighted by Crippen LogP contribution is 2.16. The third-order valence-electron chi connectivity index (χ3n) is 1.39. The van der Waals surface area contributed by atoms with E-state index in [9.17, 15) is 0 Å². The summed E-state index contributed by atoms with van der Waals surface area (Å²) in [5.41, 5.74) is 1.42. The Hall–Kier alpha value is -0.810. The van der Waals surface area contributed by atoms with E-state index in [0.29, 0.717) is 10.8 Å². The Kier molecular flexibility index (Phi) is 1.90. The molecule has 0 atom stereocenters. The highest BCUT2D eigenvalue weighted by molar-refractivity contribution is 7.98. The van der Waals surface area contributed by atoms with Crippen molar-refractivity contribution >= 4 is 34.5 Å². The van der Waals surface area contributed by atoms with Gasteiger partial charge in [-0.2, -0.15) is 0 Å². The molecule has 2 rings (SSSR count). The van der Waals surface area contributed by atoms with Crippen LogP contribution >= 0.6 is 23.4 Å². The van der Waals surface area contributed by atoms with Crippen LogP contribution in [0.2, 0.25) is 5.15 Å². The summed E-state index contributed by atoms with van der Waals surface area (Å²) in [6.07, 6.45) is 1.94. The summed E-state index contributed by atoms with van der Waals surface area (Å²) >= 11 is 7.17. The van der Waals surface area contributed by atoms with Gasteiger partial charge in [0.15, 0.2) is 10.3 Å². The molecule has 0 aliphatic rings. The molecule has 12 heavy (non-hydrogen) atoms. The first-order valence-corrected chi connectivity index (χ1v) is 4.83. The van der Waals surface area contributed by atoms with Gasteiger partial charge in [-0.1, -0.05) is 23.4 Å². The first-order chi connectivity index (χ1) is 5.79. The molecule has 0 unspecified atom stereocenters. The molecule has 6 heteroatoms. The van der Waals surface area contributed by atoms with Crippen LogP contribution in [0.3, 0.4) is 0 Å². The molecule has 0 amide bonds. The Morgan fingerprint density at radius 3 is 3.08 bits per heavy atom. The molecular formula is C6H5ClN4S. The van der Waals surface area contributed by atoms with Crippen LogP contribution in [0, 0.1) is 0 Å². The van der Waals surface area contributed by atoms with Crippen LogP contribution in [0.25, 0.3) is 11.2 Å². The van der Waals surface area contributed by atoms with Crippen molar-refractivity contribution in [3.8, 4) is 0 Å². The number of H-pyrrole nitrogens is 1. The minimum atomic E-state index is 0.374. The van der Waals surface area contributed by atoms with Gasteiger partial charge in [-0.25, -0.2) is 4.98 Å². The number of rotatable bonds is 1. The number of aromatic nitrogens is 4. The first-order valence-electron chi connectivity index (χ1n) is 3.22. The van der Waals surface area contributed by atoms with Crippen LogP contribution in [0.4, 0.5) is 0 Å². The molecule has 0 aromatic carbocycles. The maximum absolute atomic E-state index is 5.64. The molecule has 0 fully saturated rings. The molecule has 2 aromatic heterocycles. The van der Waals surface area contributed by atoms with Gasteiger partial charge in [0.1, 0.15) is 0 Å². The van der Waals surface area contributed by atoms with Crippen LogP contribution in [0.5, 0.6) is 0 Å². The van der Waals surface area contributed by atoms with E-state index >= 15 is 0 Å². The van der Waals surface area contributed by atoms with Crippen LogP contribution < -0.4 is 0 Å². The first kappa shape index (κ1) is 7.82. The zero-order chi connectivity index (χ0) is 8.55. The van der Waals surface area contributed by atoms with E-state index in [0.717, 1.165) is 10.7 Å². The Labute approximate surface area is 77.7 Å².